The first-order valence-electron chi connectivity index (χ1n) is 6.07. The summed E-state index contributed by atoms with van der Waals surface area (Å²) in [7, 11) is 0. The number of hydrogen-bond donors (Lipinski definition) is 2. The molecule has 0 aliphatic carbocycles. The van der Waals surface area contributed by atoms with Crippen LogP contribution < -0.4 is 10.6 Å². The zero-order valence-corrected chi connectivity index (χ0v) is 12.0. The largest absolute Gasteiger partial charge is 0.357 e. The molecule has 0 amide bonds. The number of nitrogens with one attached hydrogen (secondary N) is 2. The first-order valence-corrected chi connectivity index (χ1v) is 6.95. The summed E-state index contributed by atoms with van der Waals surface area (Å²) in [6.07, 6.45) is 5.21. The highest BCUT2D eigenvalue weighted by Gasteiger charge is 2.05. The number of nitrogens with zero attached hydrogens (tertiary/aromatic N) is 2. The lowest BCUT2D eigenvalue weighted by molar-refractivity contribution is 0.827. The predicted molar refractivity (Wildman–Crippen MR) is 77.9 cm³/mol. The van der Waals surface area contributed by atoms with Gasteiger partial charge in [0, 0.05) is 17.8 Å². The van der Waals surface area contributed by atoms with Gasteiger partial charge in [-0.1, -0.05) is 19.8 Å². The molecule has 0 unspecified atom stereocenters. The SMILES string of the molecule is C#CCNC(=NCc1csc(C(C)C)n1)NCC. The average molecular weight is 264 g/mol. The van der Waals surface area contributed by atoms with Gasteiger partial charge >= 0.3 is 0 Å². The van der Waals surface area contributed by atoms with Gasteiger partial charge in [0.2, 0.25) is 0 Å². The molecule has 18 heavy (non-hydrogen) atoms. The van der Waals surface area contributed by atoms with Crippen molar-refractivity contribution in [3.63, 3.8) is 0 Å². The lowest BCUT2D eigenvalue weighted by Crippen LogP contribution is -2.37. The van der Waals surface area contributed by atoms with Gasteiger partial charge < -0.3 is 10.6 Å². The quantitative estimate of drug-likeness (QED) is 0.485. The van der Waals surface area contributed by atoms with Crippen molar-refractivity contribution < 1.29 is 0 Å². The van der Waals surface area contributed by atoms with Crippen LogP contribution in [0.15, 0.2) is 10.4 Å². The Morgan fingerprint density at radius 3 is 2.89 bits per heavy atom. The molecule has 0 aliphatic heterocycles. The van der Waals surface area contributed by atoms with Crippen molar-refractivity contribution in [3.05, 3.63) is 16.1 Å². The monoisotopic (exact) mass is 264 g/mol. The van der Waals surface area contributed by atoms with Gasteiger partial charge in [-0.3, -0.25) is 0 Å². The van der Waals surface area contributed by atoms with Crippen LogP contribution in [0.2, 0.25) is 0 Å². The summed E-state index contributed by atoms with van der Waals surface area (Å²) < 4.78 is 0. The summed E-state index contributed by atoms with van der Waals surface area (Å²) >= 11 is 1.69. The minimum absolute atomic E-state index is 0.472. The zero-order valence-electron chi connectivity index (χ0n) is 11.2. The van der Waals surface area contributed by atoms with E-state index in [1.54, 1.807) is 11.3 Å². The summed E-state index contributed by atoms with van der Waals surface area (Å²) in [5.41, 5.74) is 1.00. The Kier molecular flexibility index (Phi) is 6.23. The molecule has 0 spiro atoms. The van der Waals surface area contributed by atoms with E-state index in [4.69, 9.17) is 6.42 Å². The molecule has 1 rings (SSSR count). The fourth-order valence-corrected chi connectivity index (χ4v) is 2.12. The van der Waals surface area contributed by atoms with Crippen molar-refractivity contribution in [2.75, 3.05) is 13.1 Å². The maximum atomic E-state index is 5.21. The number of hydrogen-bond acceptors (Lipinski definition) is 3. The second kappa shape index (κ2) is 7.72. The highest BCUT2D eigenvalue weighted by atomic mass is 32.1. The molecular formula is C13H20N4S. The van der Waals surface area contributed by atoms with Crippen LogP contribution in [0, 0.1) is 12.3 Å². The summed E-state index contributed by atoms with van der Waals surface area (Å²) in [6, 6.07) is 0. The molecule has 1 aromatic rings. The molecule has 0 aliphatic rings. The smallest absolute Gasteiger partial charge is 0.192 e. The Labute approximate surface area is 113 Å². The van der Waals surface area contributed by atoms with Crippen LogP contribution in [0.5, 0.6) is 0 Å². The van der Waals surface area contributed by atoms with E-state index < -0.39 is 0 Å². The Bertz CT molecular complexity index is 428. The van der Waals surface area contributed by atoms with Crippen molar-refractivity contribution in [2.45, 2.75) is 33.2 Å². The van der Waals surface area contributed by atoms with E-state index in [1.807, 2.05) is 6.92 Å². The van der Waals surface area contributed by atoms with Gasteiger partial charge in [0.15, 0.2) is 5.96 Å². The third-order valence-corrected chi connectivity index (χ3v) is 3.36. The van der Waals surface area contributed by atoms with Crippen LogP contribution in [0.1, 0.15) is 37.4 Å². The van der Waals surface area contributed by atoms with E-state index in [-0.39, 0.29) is 0 Å². The van der Waals surface area contributed by atoms with Crippen molar-refractivity contribution in [3.8, 4) is 12.3 Å². The lowest BCUT2D eigenvalue weighted by atomic mass is 10.2. The number of aromatic nitrogens is 1. The van der Waals surface area contributed by atoms with Crippen molar-refractivity contribution in [2.24, 2.45) is 4.99 Å². The minimum atomic E-state index is 0.472. The molecule has 0 aromatic carbocycles. The summed E-state index contributed by atoms with van der Waals surface area (Å²) in [5.74, 6) is 3.73. The second-order valence-electron chi connectivity index (χ2n) is 4.08. The molecule has 4 nitrogen and oxygen atoms in total. The number of rotatable bonds is 5. The Balaban J connectivity index is 2.60. The summed E-state index contributed by atoms with van der Waals surface area (Å²) in [6.45, 7) is 8.16. The topological polar surface area (TPSA) is 49.3 Å². The molecule has 5 heteroatoms. The summed E-state index contributed by atoms with van der Waals surface area (Å²) in [5, 5.41) is 9.40. The van der Waals surface area contributed by atoms with Gasteiger partial charge in [-0.15, -0.1) is 17.8 Å². The maximum Gasteiger partial charge on any atom is 0.192 e. The third kappa shape index (κ3) is 4.76. The van der Waals surface area contributed by atoms with Crippen molar-refractivity contribution >= 4 is 17.3 Å². The Hall–Kier alpha value is -1.54. The molecule has 0 fully saturated rings. The first kappa shape index (κ1) is 14.5. The molecule has 1 aromatic heterocycles. The number of terminal acetylenes is 1. The molecule has 2 N–H and O–H groups in total. The Morgan fingerprint density at radius 2 is 2.33 bits per heavy atom. The molecule has 0 radical (unpaired) electrons. The van der Waals surface area contributed by atoms with Crippen molar-refractivity contribution in [1.29, 1.82) is 0 Å². The highest BCUT2D eigenvalue weighted by Crippen LogP contribution is 2.19. The van der Waals surface area contributed by atoms with Gasteiger partial charge in [0.05, 0.1) is 23.8 Å². The van der Waals surface area contributed by atoms with Gasteiger partial charge in [-0.05, 0) is 6.92 Å². The van der Waals surface area contributed by atoms with Crippen LogP contribution in [0.3, 0.4) is 0 Å². The Morgan fingerprint density at radius 1 is 1.56 bits per heavy atom. The maximum absolute atomic E-state index is 5.21. The van der Waals surface area contributed by atoms with Gasteiger partial charge in [-0.2, -0.15) is 0 Å². The molecule has 0 saturated heterocycles. The number of thiazole rings is 1. The number of guanidine groups is 1. The van der Waals surface area contributed by atoms with Crippen LogP contribution >= 0.6 is 11.3 Å². The second-order valence-corrected chi connectivity index (χ2v) is 4.97. The van der Waals surface area contributed by atoms with E-state index in [9.17, 15) is 0 Å². The van der Waals surface area contributed by atoms with Gasteiger partial charge in [0.1, 0.15) is 0 Å². The number of aliphatic imine (C=N–C) groups is 1. The molecule has 0 saturated carbocycles. The molecule has 0 bridgehead atoms. The van der Waals surface area contributed by atoms with Crippen molar-refractivity contribution in [1.82, 2.24) is 15.6 Å². The van der Waals surface area contributed by atoms with Gasteiger partial charge in [0.25, 0.3) is 0 Å². The van der Waals surface area contributed by atoms with E-state index in [0.29, 0.717) is 19.0 Å². The van der Waals surface area contributed by atoms with Crippen LogP contribution in [0.4, 0.5) is 0 Å². The fourth-order valence-electron chi connectivity index (χ4n) is 1.30. The molecule has 98 valence electrons. The average Bonchev–Trinajstić information content (AvgIpc) is 2.81. The van der Waals surface area contributed by atoms with Gasteiger partial charge in [-0.25, -0.2) is 9.98 Å². The van der Waals surface area contributed by atoms with E-state index in [1.165, 1.54) is 0 Å². The third-order valence-electron chi connectivity index (χ3n) is 2.16. The molecule has 1 heterocycles. The standard InChI is InChI=1S/C13H20N4S/c1-5-7-15-13(14-6-2)16-8-11-9-18-12(17-11)10(3)4/h1,9-10H,6-8H2,2-4H3,(H2,14,15,16). The normalized spacial score (nSPS) is 11.4. The summed E-state index contributed by atoms with van der Waals surface area (Å²) in [4.78, 5) is 8.97. The molecular weight excluding hydrogens is 244 g/mol. The zero-order chi connectivity index (χ0) is 13.4. The fraction of sp³-hybridized carbons (Fsp3) is 0.538. The predicted octanol–water partition coefficient (Wildman–Crippen LogP) is 1.95. The van der Waals surface area contributed by atoms with Crippen LogP contribution in [-0.2, 0) is 6.54 Å². The van der Waals surface area contributed by atoms with Crippen LogP contribution in [-0.4, -0.2) is 24.0 Å². The van der Waals surface area contributed by atoms with Crippen LogP contribution in [0.25, 0.3) is 0 Å². The van der Waals surface area contributed by atoms with E-state index in [0.717, 1.165) is 23.2 Å². The molecule has 0 atom stereocenters. The highest BCUT2D eigenvalue weighted by molar-refractivity contribution is 7.09. The first-order chi connectivity index (χ1) is 8.67. The van der Waals surface area contributed by atoms with E-state index in [2.05, 4.69) is 45.8 Å². The lowest BCUT2D eigenvalue weighted by Gasteiger charge is -2.07. The van der Waals surface area contributed by atoms with E-state index >= 15 is 0 Å². The minimum Gasteiger partial charge on any atom is -0.357 e.